The minimum atomic E-state index is -4.53. The number of carbonyl (C=O) groups is 2. The maximum atomic E-state index is 14.4. The van der Waals surface area contributed by atoms with Crippen LogP contribution in [0.25, 0.3) is 22.0 Å². The molecule has 0 unspecified atom stereocenters. The number of allylic oxidation sites excluding steroid dienone is 1. The van der Waals surface area contributed by atoms with Crippen LogP contribution in [-0.4, -0.2) is 77.1 Å². The third-order valence-corrected chi connectivity index (χ3v) is 6.67. The second-order valence-corrected chi connectivity index (χ2v) is 10.0. The van der Waals surface area contributed by atoms with Crippen LogP contribution in [0, 0.1) is 5.95 Å². The first kappa shape index (κ1) is 31.8. The zero-order chi connectivity index (χ0) is 31.9. The summed E-state index contributed by atoms with van der Waals surface area (Å²) in [6.07, 6.45) is -4.23. The highest BCUT2D eigenvalue weighted by Gasteiger charge is 2.31. The van der Waals surface area contributed by atoms with E-state index in [0.29, 0.717) is 28.0 Å². The Morgan fingerprint density at radius 2 is 1.66 bits per heavy atom. The smallest absolute Gasteiger partial charge is 0.407 e. The number of amides is 2. The summed E-state index contributed by atoms with van der Waals surface area (Å²) in [6.45, 7) is -0.0270. The molecule has 1 heterocycles. The highest BCUT2D eigenvalue weighted by molar-refractivity contribution is 6.00. The van der Waals surface area contributed by atoms with Gasteiger partial charge in [-0.15, -0.1) is 0 Å². The van der Waals surface area contributed by atoms with Gasteiger partial charge in [-0.1, -0.05) is 54.6 Å². The molecule has 0 atom stereocenters. The van der Waals surface area contributed by atoms with E-state index in [0.717, 1.165) is 4.90 Å². The van der Waals surface area contributed by atoms with Crippen LogP contribution in [-0.2, 0) is 4.79 Å². The zero-order valence-corrected chi connectivity index (χ0v) is 23.9. The highest BCUT2D eigenvalue weighted by atomic mass is 19.4. The molecule has 0 saturated carbocycles. The minimum absolute atomic E-state index is 0.00273. The number of benzene rings is 3. The predicted octanol–water partition coefficient (Wildman–Crippen LogP) is 6.62. The molecule has 2 N–H and O–H groups in total. The van der Waals surface area contributed by atoms with Crippen LogP contribution in [0.5, 0.6) is 5.75 Å². The Labute approximate surface area is 250 Å². The number of rotatable bonds is 11. The van der Waals surface area contributed by atoms with Crippen molar-refractivity contribution in [3.05, 3.63) is 108 Å². The largest absolute Gasteiger partial charge is 0.492 e. The molecule has 230 valence electrons. The number of nitrogens with one attached hydrogen (secondary N) is 1. The van der Waals surface area contributed by atoms with E-state index >= 15 is 0 Å². The number of likely N-dealkylation sites (N-methyl/N-ethyl adjacent to an activating group) is 1. The summed E-state index contributed by atoms with van der Waals surface area (Å²) in [4.78, 5) is 25.7. The monoisotopic (exact) mass is 610 g/mol. The van der Waals surface area contributed by atoms with Gasteiger partial charge in [-0.05, 0) is 52.1 Å². The average Bonchev–Trinajstić information content (AvgIpc) is 3.36. The molecule has 1 aromatic heterocycles. The van der Waals surface area contributed by atoms with Crippen LogP contribution in [0.2, 0.25) is 0 Å². The maximum Gasteiger partial charge on any atom is 0.407 e. The molecule has 3 aromatic carbocycles. The van der Waals surface area contributed by atoms with Gasteiger partial charge in [0.05, 0.1) is 23.9 Å². The number of aromatic nitrogens is 2. The fourth-order valence-electron chi connectivity index (χ4n) is 4.51. The lowest BCUT2D eigenvalue weighted by Gasteiger charge is -2.20. The average molecular weight is 611 g/mol. The Morgan fingerprint density at radius 1 is 0.977 bits per heavy atom. The Morgan fingerprint density at radius 3 is 2.30 bits per heavy atom. The van der Waals surface area contributed by atoms with E-state index in [2.05, 4.69) is 10.2 Å². The first-order chi connectivity index (χ1) is 20.9. The van der Waals surface area contributed by atoms with Crippen molar-refractivity contribution in [2.24, 2.45) is 0 Å². The van der Waals surface area contributed by atoms with Gasteiger partial charge < -0.3 is 19.6 Å². The van der Waals surface area contributed by atoms with Gasteiger partial charge in [0.1, 0.15) is 12.4 Å². The predicted molar refractivity (Wildman–Crippen MR) is 158 cm³/mol. The summed E-state index contributed by atoms with van der Waals surface area (Å²) < 4.78 is 61.9. The number of ether oxygens (including phenoxy) is 1. The summed E-state index contributed by atoms with van der Waals surface area (Å²) in [5.41, 5.74) is 1.77. The van der Waals surface area contributed by atoms with E-state index in [1.165, 1.54) is 29.2 Å². The number of aromatic amines is 1. The van der Waals surface area contributed by atoms with Gasteiger partial charge >= 0.3 is 12.3 Å². The second kappa shape index (κ2) is 13.9. The van der Waals surface area contributed by atoms with E-state index in [1.54, 1.807) is 74.8 Å². The number of hydrogen-bond donors (Lipinski definition) is 2. The van der Waals surface area contributed by atoms with Crippen LogP contribution in [0.4, 0.5) is 22.4 Å². The van der Waals surface area contributed by atoms with Gasteiger partial charge in [0.2, 0.25) is 11.9 Å². The lowest BCUT2D eigenvalue weighted by molar-refractivity contribution is -0.124. The standard InChI is InChI=1S/C32H30F4N4O4/c1-39(2)28(41)9-6-16-40(31(42)43)17-18-44-24-13-10-22(11-14-24)29(23-12-15-27-25(19-23)30(33)38-37-27)26(20-32(34,35)36)21-7-4-3-5-8-21/h3-15,19H,16-18,20H2,1-2H3,(H,37,38)(H,42,43)/b9-6+,29-26+. The fourth-order valence-corrected chi connectivity index (χ4v) is 4.51. The Hall–Kier alpha value is -5.13. The Kier molecular flexibility index (Phi) is 10.0. The van der Waals surface area contributed by atoms with Crippen LogP contribution in [0.3, 0.4) is 0 Å². The van der Waals surface area contributed by atoms with Crippen LogP contribution in [0.1, 0.15) is 23.1 Å². The van der Waals surface area contributed by atoms with Gasteiger partial charge in [-0.25, -0.2) is 4.79 Å². The molecule has 0 aliphatic heterocycles. The van der Waals surface area contributed by atoms with Crippen molar-refractivity contribution in [1.29, 1.82) is 0 Å². The molecule has 0 radical (unpaired) electrons. The van der Waals surface area contributed by atoms with Crippen LogP contribution >= 0.6 is 0 Å². The molecule has 0 spiro atoms. The third kappa shape index (κ3) is 8.24. The van der Waals surface area contributed by atoms with Crippen molar-refractivity contribution in [3.8, 4) is 5.75 Å². The van der Waals surface area contributed by atoms with Crippen LogP contribution in [0.15, 0.2) is 84.9 Å². The van der Waals surface area contributed by atoms with Crippen molar-refractivity contribution in [1.82, 2.24) is 20.0 Å². The van der Waals surface area contributed by atoms with E-state index in [4.69, 9.17) is 4.74 Å². The number of nitrogens with zero attached hydrogens (tertiary/aromatic N) is 3. The number of hydrogen-bond acceptors (Lipinski definition) is 4. The number of carbonyl (C=O) groups excluding carboxylic acids is 1. The Balaban J connectivity index is 1.64. The summed E-state index contributed by atoms with van der Waals surface area (Å²) >= 11 is 0. The van der Waals surface area contributed by atoms with E-state index < -0.39 is 24.6 Å². The van der Waals surface area contributed by atoms with Crippen LogP contribution < -0.4 is 4.74 Å². The minimum Gasteiger partial charge on any atom is -0.492 e. The van der Waals surface area contributed by atoms with E-state index in [9.17, 15) is 32.3 Å². The molecule has 4 aromatic rings. The molecule has 0 saturated heterocycles. The van der Waals surface area contributed by atoms with Gasteiger partial charge in [0, 0.05) is 26.7 Å². The molecule has 0 aliphatic carbocycles. The molecule has 0 aliphatic rings. The second-order valence-electron chi connectivity index (χ2n) is 10.0. The summed E-state index contributed by atoms with van der Waals surface area (Å²) in [7, 11) is 3.16. The maximum absolute atomic E-state index is 14.4. The van der Waals surface area contributed by atoms with Crippen molar-refractivity contribution >= 4 is 34.0 Å². The number of alkyl halides is 3. The number of fused-ring (bicyclic) bond motifs is 1. The molecule has 4 rings (SSSR count). The van der Waals surface area contributed by atoms with Crippen molar-refractivity contribution in [3.63, 3.8) is 0 Å². The van der Waals surface area contributed by atoms with Gasteiger partial charge in [0.15, 0.2) is 0 Å². The summed E-state index contributed by atoms with van der Waals surface area (Å²) in [6, 6.07) is 19.1. The topological polar surface area (TPSA) is 98.8 Å². The molecular formula is C32H30F4N4O4. The highest BCUT2D eigenvalue weighted by Crippen LogP contribution is 2.40. The summed E-state index contributed by atoms with van der Waals surface area (Å²) in [5.74, 6) is -0.608. The first-order valence-corrected chi connectivity index (χ1v) is 13.5. The number of carboxylic acid groups (broad SMARTS) is 1. The molecule has 44 heavy (non-hydrogen) atoms. The zero-order valence-electron chi connectivity index (χ0n) is 23.9. The molecule has 8 nitrogen and oxygen atoms in total. The number of halogens is 4. The lowest BCUT2D eigenvalue weighted by Crippen LogP contribution is -2.33. The molecular weight excluding hydrogens is 580 g/mol. The fraction of sp³-hybridized carbons (Fsp3) is 0.219. The van der Waals surface area contributed by atoms with E-state index in [1.807, 2.05) is 0 Å². The molecule has 0 bridgehead atoms. The SMILES string of the molecule is CN(C)C(=O)/C=C/CN(CCOc1ccc(/C(=C(/CC(F)(F)F)c2ccccc2)c2ccc3n[nH]c(F)c3c2)cc1)C(=O)O. The molecule has 0 fully saturated rings. The van der Waals surface area contributed by atoms with Crippen molar-refractivity contribution in [2.45, 2.75) is 12.6 Å². The summed E-state index contributed by atoms with van der Waals surface area (Å²) in [5, 5.41) is 15.7. The lowest BCUT2D eigenvalue weighted by atomic mass is 9.87. The van der Waals surface area contributed by atoms with E-state index in [-0.39, 0.29) is 42.1 Å². The van der Waals surface area contributed by atoms with Gasteiger partial charge in [-0.2, -0.15) is 22.7 Å². The van der Waals surface area contributed by atoms with Crippen molar-refractivity contribution < 1.29 is 37.0 Å². The molecule has 12 heteroatoms. The van der Waals surface area contributed by atoms with Gasteiger partial charge in [-0.3, -0.25) is 9.89 Å². The quantitative estimate of drug-likeness (QED) is 0.113. The van der Waals surface area contributed by atoms with Gasteiger partial charge in [0.25, 0.3) is 0 Å². The molecule has 2 amide bonds. The Bertz CT molecular complexity index is 1660. The van der Waals surface area contributed by atoms with Crippen molar-refractivity contribution in [2.75, 3.05) is 33.8 Å². The third-order valence-electron chi connectivity index (χ3n) is 6.67. The number of H-pyrrole nitrogens is 1. The normalized spacial score (nSPS) is 12.3. The first-order valence-electron chi connectivity index (χ1n) is 13.5.